The highest BCUT2D eigenvalue weighted by Crippen LogP contribution is 2.06. The minimum atomic E-state index is -0.0592. The van der Waals surface area contributed by atoms with Crippen molar-refractivity contribution in [1.29, 1.82) is 0 Å². The van der Waals surface area contributed by atoms with Crippen LogP contribution in [0.1, 0.15) is 6.92 Å². The van der Waals surface area contributed by atoms with Gasteiger partial charge in [-0.25, -0.2) is 4.98 Å². The zero-order valence-corrected chi connectivity index (χ0v) is 8.66. The molecule has 1 N–H and O–H groups in total. The molecule has 0 saturated heterocycles. The summed E-state index contributed by atoms with van der Waals surface area (Å²) in [4.78, 5) is 14.5. The number of nitrogens with one attached hydrogen (secondary N) is 1. The van der Waals surface area contributed by atoms with E-state index < -0.39 is 0 Å². The average Bonchev–Trinajstić information content (AvgIpc) is 2.13. The van der Waals surface area contributed by atoms with Crippen LogP contribution in [0.5, 0.6) is 0 Å². The third-order valence-corrected chi connectivity index (χ3v) is 2.60. The lowest BCUT2D eigenvalue weighted by Gasteiger charge is -1.91. The molecule has 0 aliphatic carbocycles. The fourth-order valence-corrected chi connectivity index (χ4v) is 1.98. The van der Waals surface area contributed by atoms with Crippen LogP contribution in [0.4, 0.5) is 5.13 Å². The van der Waals surface area contributed by atoms with Gasteiger partial charge in [0, 0.05) is 13.1 Å². The summed E-state index contributed by atoms with van der Waals surface area (Å²) in [6, 6.07) is 0. The van der Waals surface area contributed by atoms with Crippen molar-refractivity contribution in [3.05, 3.63) is 6.20 Å². The lowest BCUT2D eigenvalue weighted by atomic mass is 10.7. The number of carbonyl (C=O) groups is 1. The second-order valence-electron chi connectivity index (χ2n) is 1.96. The minimum absolute atomic E-state index is 0.0592. The SMILES string of the molecule is CC(=O)Nc1nc[c]([AlH2])s1. The summed E-state index contributed by atoms with van der Waals surface area (Å²) in [6.07, 6.45) is 1.79. The van der Waals surface area contributed by atoms with Crippen molar-refractivity contribution >= 4 is 42.4 Å². The molecule has 52 valence electrons. The fraction of sp³-hybridized carbons (Fsp3) is 0.200. The summed E-state index contributed by atoms with van der Waals surface area (Å²) in [5, 5.41) is 3.32. The zero-order chi connectivity index (χ0) is 7.56. The highest BCUT2D eigenvalue weighted by molar-refractivity contribution is 7.23. The molecule has 1 aromatic rings. The van der Waals surface area contributed by atoms with E-state index in [0.29, 0.717) is 5.13 Å². The second kappa shape index (κ2) is 3.15. The summed E-state index contributed by atoms with van der Waals surface area (Å²) in [5.41, 5.74) is 0. The molecule has 0 saturated carbocycles. The van der Waals surface area contributed by atoms with Crippen LogP contribution >= 0.6 is 11.3 Å². The van der Waals surface area contributed by atoms with E-state index in [2.05, 4.69) is 10.3 Å². The molecule has 0 aromatic carbocycles. The maximum atomic E-state index is 10.5. The van der Waals surface area contributed by atoms with Crippen molar-refractivity contribution < 1.29 is 4.79 Å². The molecule has 1 heterocycles. The fourth-order valence-electron chi connectivity index (χ4n) is 0.563. The summed E-state index contributed by atoms with van der Waals surface area (Å²) >= 11 is 2.53. The zero-order valence-electron chi connectivity index (χ0n) is 5.84. The van der Waals surface area contributed by atoms with E-state index in [9.17, 15) is 4.79 Å². The second-order valence-corrected chi connectivity index (χ2v) is 4.99. The first kappa shape index (κ1) is 7.74. The van der Waals surface area contributed by atoms with Crippen LogP contribution in [-0.4, -0.2) is 27.2 Å². The number of hydrogen-bond donors (Lipinski definition) is 1. The third-order valence-electron chi connectivity index (χ3n) is 0.904. The first-order valence-corrected chi connectivity index (χ1v) is 4.70. The lowest BCUT2D eigenvalue weighted by Crippen LogP contribution is -2.04. The van der Waals surface area contributed by atoms with Gasteiger partial charge in [-0.1, -0.05) is 3.74 Å². The molecule has 0 aliphatic rings. The van der Waals surface area contributed by atoms with Crippen molar-refractivity contribution in [3.63, 3.8) is 0 Å². The molecule has 0 unspecified atom stereocenters. The van der Waals surface area contributed by atoms with Gasteiger partial charge < -0.3 is 5.32 Å². The van der Waals surface area contributed by atoms with Gasteiger partial charge in [-0.15, -0.1) is 11.3 Å². The van der Waals surface area contributed by atoms with Crippen LogP contribution in [0.3, 0.4) is 0 Å². The number of hydrogen-bond acceptors (Lipinski definition) is 3. The maximum Gasteiger partial charge on any atom is 0.278 e. The Morgan fingerprint density at radius 1 is 1.90 bits per heavy atom. The highest BCUT2D eigenvalue weighted by Gasteiger charge is 1.97. The number of anilines is 1. The van der Waals surface area contributed by atoms with E-state index in [1.54, 1.807) is 6.20 Å². The first-order valence-electron chi connectivity index (χ1n) is 2.88. The molecule has 1 aromatic heterocycles. The minimum Gasteiger partial charge on any atom is -0.302 e. The number of thiazole rings is 1. The van der Waals surface area contributed by atoms with Crippen LogP contribution in [0.2, 0.25) is 0 Å². The van der Waals surface area contributed by atoms with Crippen LogP contribution in [0, 0.1) is 0 Å². The smallest absolute Gasteiger partial charge is 0.278 e. The monoisotopic (exact) mass is 170 g/mol. The molecule has 5 heteroatoms. The average molecular weight is 170 g/mol. The van der Waals surface area contributed by atoms with Gasteiger partial charge in [0.25, 0.3) is 16.3 Å². The van der Waals surface area contributed by atoms with Crippen LogP contribution in [-0.2, 0) is 4.79 Å². The molecule has 0 fully saturated rings. The number of rotatable bonds is 1. The predicted octanol–water partition coefficient (Wildman–Crippen LogP) is -0.640. The summed E-state index contributed by atoms with van der Waals surface area (Å²) in [6.45, 7) is 1.48. The highest BCUT2D eigenvalue weighted by atomic mass is 32.1. The third kappa shape index (κ3) is 2.10. The maximum absolute atomic E-state index is 10.5. The van der Waals surface area contributed by atoms with E-state index in [-0.39, 0.29) is 5.91 Å². The van der Waals surface area contributed by atoms with Crippen LogP contribution < -0.4 is 9.06 Å². The molecule has 0 bridgehead atoms. The molecular formula is C5H7AlN2OS. The Bertz CT molecular complexity index is 248. The topological polar surface area (TPSA) is 42.0 Å². The van der Waals surface area contributed by atoms with Crippen molar-refractivity contribution in [2.24, 2.45) is 0 Å². The Kier molecular flexibility index (Phi) is 2.44. The van der Waals surface area contributed by atoms with Gasteiger partial charge >= 0.3 is 0 Å². The van der Waals surface area contributed by atoms with Gasteiger partial charge in [-0.3, -0.25) is 4.79 Å². The Morgan fingerprint density at radius 3 is 3.00 bits per heavy atom. The summed E-state index contributed by atoms with van der Waals surface area (Å²) in [7, 11) is 0. The van der Waals surface area contributed by atoms with Gasteiger partial charge in [0.05, 0.1) is 0 Å². The van der Waals surface area contributed by atoms with E-state index >= 15 is 0 Å². The standard InChI is InChI=1S/C5H5N2OS.Al.2H/c1-4(8)7-5-6-2-3-9-5;;;/h2H,1H3,(H,6,7,8);;;. The largest absolute Gasteiger partial charge is 0.302 e. The Balaban J connectivity index is 2.67. The van der Waals surface area contributed by atoms with Crippen molar-refractivity contribution in [2.45, 2.75) is 6.92 Å². The Hall–Kier alpha value is -0.368. The van der Waals surface area contributed by atoms with Gasteiger partial charge in [0.1, 0.15) is 0 Å². The normalized spacial score (nSPS) is 9.30. The van der Waals surface area contributed by atoms with Gasteiger partial charge in [-0.05, 0) is 0 Å². The number of aromatic nitrogens is 1. The molecule has 0 spiro atoms. The number of carbonyl (C=O) groups excluding carboxylic acids is 1. The molecule has 0 atom stereocenters. The number of amides is 1. The van der Waals surface area contributed by atoms with Gasteiger partial charge in [-0.2, -0.15) is 0 Å². The van der Waals surface area contributed by atoms with Gasteiger partial charge in [0.2, 0.25) is 5.91 Å². The van der Waals surface area contributed by atoms with Crippen molar-refractivity contribution in [1.82, 2.24) is 4.98 Å². The molecule has 0 radical (unpaired) electrons. The lowest BCUT2D eigenvalue weighted by molar-refractivity contribution is -0.114. The Labute approximate surface area is 70.9 Å². The van der Waals surface area contributed by atoms with E-state index in [1.807, 2.05) is 0 Å². The van der Waals surface area contributed by atoms with Crippen LogP contribution in [0.25, 0.3) is 0 Å². The molecule has 1 rings (SSSR count). The van der Waals surface area contributed by atoms with Crippen LogP contribution in [0.15, 0.2) is 6.20 Å². The van der Waals surface area contributed by atoms with Gasteiger partial charge in [0.15, 0.2) is 5.13 Å². The molecular weight excluding hydrogens is 163 g/mol. The van der Waals surface area contributed by atoms with Crippen molar-refractivity contribution in [2.75, 3.05) is 5.32 Å². The quantitative estimate of drug-likeness (QED) is 0.570. The van der Waals surface area contributed by atoms with E-state index in [0.717, 1.165) is 16.3 Å². The first-order chi connectivity index (χ1) is 4.68. The molecule has 10 heavy (non-hydrogen) atoms. The molecule has 0 aliphatic heterocycles. The number of nitrogens with zero attached hydrogens (tertiary/aromatic N) is 1. The van der Waals surface area contributed by atoms with E-state index in [1.165, 1.54) is 22.0 Å². The van der Waals surface area contributed by atoms with Crippen molar-refractivity contribution in [3.8, 4) is 0 Å². The summed E-state index contributed by atoms with van der Waals surface area (Å²) < 4.78 is 1.24. The molecule has 3 nitrogen and oxygen atoms in total. The molecule has 1 amide bonds. The van der Waals surface area contributed by atoms with E-state index in [4.69, 9.17) is 0 Å². The predicted molar refractivity (Wildman–Crippen MR) is 44.6 cm³/mol. The summed E-state index contributed by atoms with van der Waals surface area (Å²) in [5.74, 6) is -0.0592. The Morgan fingerprint density at radius 2 is 2.60 bits per heavy atom.